The number of carbonyl (C=O) groups is 3. The first-order valence-electron chi connectivity index (χ1n) is 17.0. The molecule has 10 nitrogen and oxygen atoms in total. The molecule has 252 valence electrons. The van der Waals surface area contributed by atoms with Crippen molar-refractivity contribution in [3.05, 3.63) is 95.2 Å². The Labute approximate surface area is 283 Å². The predicted molar refractivity (Wildman–Crippen MR) is 192 cm³/mol. The van der Waals surface area contributed by atoms with Gasteiger partial charge < -0.3 is 35.2 Å². The molecular formula is C38H47N7O3. The fraction of sp³-hybridized carbons (Fsp3) is 0.395. The number of likely N-dealkylation sites (tertiary alicyclic amines) is 1. The van der Waals surface area contributed by atoms with Crippen molar-refractivity contribution in [2.75, 3.05) is 63.6 Å². The van der Waals surface area contributed by atoms with E-state index in [1.807, 2.05) is 91.6 Å². The van der Waals surface area contributed by atoms with Crippen molar-refractivity contribution < 1.29 is 14.4 Å². The van der Waals surface area contributed by atoms with Crippen LogP contribution in [0.4, 0.5) is 16.2 Å². The lowest BCUT2D eigenvalue weighted by molar-refractivity contribution is -0.118. The van der Waals surface area contributed by atoms with Crippen LogP contribution in [0.25, 0.3) is 10.9 Å². The fourth-order valence-electron chi connectivity index (χ4n) is 7.01. The van der Waals surface area contributed by atoms with Crippen molar-refractivity contribution >= 4 is 40.1 Å². The number of hydrogen-bond donors (Lipinski definition) is 3. The van der Waals surface area contributed by atoms with Crippen LogP contribution in [0, 0.1) is 6.92 Å². The molecule has 2 fully saturated rings. The normalized spacial score (nSPS) is 16.3. The summed E-state index contributed by atoms with van der Waals surface area (Å²) in [5, 5.41) is 7.22. The highest BCUT2D eigenvalue weighted by Crippen LogP contribution is 2.30. The third-order valence-electron chi connectivity index (χ3n) is 9.66. The number of piperazine rings is 1. The smallest absolute Gasteiger partial charge is 0.318 e. The molecule has 6 rings (SSSR count). The van der Waals surface area contributed by atoms with Gasteiger partial charge in [0, 0.05) is 74.5 Å². The van der Waals surface area contributed by atoms with E-state index in [4.69, 9.17) is 0 Å². The number of fused-ring (bicyclic) bond motifs is 1. The zero-order valence-corrected chi connectivity index (χ0v) is 28.5. The topological polar surface area (TPSA) is 104 Å². The van der Waals surface area contributed by atoms with Crippen molar-refractivity contribution in [2.45, 2.75) is 45.2 Å². The van der Waals surface area contributed by atoms with Gasteiger partial charge in [-0.25, -0.2) is 4.79 Å². The first-order chi connectivity index (χ1) is 23.2. The van der Waals surface area contributed by atoms with Gasteiger partial charge in [-0.05, 0) is 74.8 Å². The van der Waals surface area contributed by atoms with Crippen molar-refractivity contribution in [3.63, 3.8) is 0 Å². The highest BCUT2D eigenvalue weighted by atomic mass is 16.2. The molecule has 2 aliphatic heterocycles. The van der Waals surface area contributed by atoms with Crippen LogP contribution in [-0.2, 0) is 11.3 Å². The van der Waals surface area contributed by atoms with Crippen molar-refractivity contribution in [1.29, 1.82) is 0 Å². The maximum absolute atomic E-state index is 14.4. The van der Waals surface area contributed by atoms with Crippen LogP contribution in [-0.4, -0.2) is 96.9 Å². The van der Waals surface area contributed by atoms with Gasteiger partial charge in [0.2, 0.25) is 5.91 Å². The highest BCUT2D eigenvalue weighted by molar-refractivity contribution is 6.06. The van der Waals surface area contributed by atoms with E-state index in [9.17, 15) is 14.4 Å². The Morgan fingerprint density at radius 2 is 1.58 bits per heavy atom. The van der Waals surface area contributed by atoms with E-state index < -0.39 is 6.04 Å². The minimum absolute atomic E-state index is 0.0870. The standard InChI is InChI=1S/C38H47N7O3/c1-26-11-5-8-14-34(26)43-19-21-45(22-20-43)38(48)41-35(27(2)31-24-39-32-13-7-6-12-29(31)32)36(46)40-33-23-28(25-42(3)4)15-16-30(33)37(47)44-17-9-10-18-44/h5-8,11-16,23-24,27,35,39H,9-10,17-22,25H2,1-4H3,(H,40,46)(H,41,48). The molecule has 2 atom stereocenters. The van der Waals surface area contributed by atoms with Crippen LogP contribution in [0.5, 0.6) is 0 Å². The largest absolute Gasteiger partial charge is 0.368 e. The fourth-order valence-corrected chi connectivity index (χ4v) is 7.01. The van der Waals surface area contributed by atoms with E-state index in [-0.39, 0.29) is 23.8 Å². The molecule has 0 bridgehead atoms. The number of carbonyl (C=O) groups excluding carboxylic acids is 3. The molecular weight excluding hydrogens is 602 g/mol. The van der Waals surface area contributed by atoms with Gasteiger partial charge in [0.05, 0.1) is 11.3 Å². The summed E-state index contributed by atoms with van der Waals surface area (Å²) in [6.07, 6.45) is 3.87. The zero-order valence-electron chi connectivity index (χ0n) is 28.5. The van der Waals surface area contributed by atoms with Crippen molar-refractivity contribution in [3.8, 4) is 0 Å². The number of para-hydroxylation sites is 2. The molecule has 0 radical (unpaired) electrons. The maximum atomic E-state index is 14.4. The first kappa shape index (κ1) is 33.1. The number of anilines is 2. The molecule has 48 heavy (non-hydrogen) atoms. The number of benzene rings is 3. The molecule has 4 amide bonds. The van der Waals surface area contributed by atoms with Crippen LogP contribution in [0.2, 0.25) is 0 Å². The number of aromatic amines is 1. The minimum Gasteiger partial charge on any atom is -0.368 e. The summed E-state index contributed by atoms with van der Waals surface area (Å²) in [7, 11) is 3.97. The molecule has 2 unspecified atom stereocenters. The molecule has 1 aromatic heterocycles. The zero-order chi connectivity index (χ0) is 33.8. The van der Waals surface area contributed by atoms with E-state index in [1.54, 1.807) is 4.90 Å². The number of aryl methyl sites for hydroxylation is 1. The minimum atomic E-state index is -0.904. The third-order valence-corrected chi connectivity index (χ3v) is 9.66. The van der Waals surface area contributed by atoms with E-state index in [0.717, 1.165) is 34.9 Å². The number of rotatable bonds is 9. The number of H-pyrrole nitrogens is 1. The number of amides is 4. The molecule has 0 aliphatic carbocycles. The van der Waals surface area contributed by atoms with Gasteiger partial charge in [-0.15, -0.1) is 0 Å². The Hall–Kier alpha value is -4.83. The maximum Gasteiger partial charge on any atom is 0.318 e. The van der Waals surface area contributed by atoms with Crippen molar-refractivity contribution in [1.82, 2.24) is 25.0 Å². The molecule has 0 saturated carbocycles. The lowest BCUT2D eigenvalue weighted by Gasteiger charge is -2.37. The first-order valence-corrected chi connectivity index (χ1v) is 17.0. The molecule has 3 aromatic carbocycles. The van der Waals surface area contributed by atoms with Gasteiger partial charge in [0.15, 0.2) is 0 Å². The van der Waals surface area contributed by atoms with Crippen LogP contribution in [0.3, 0.4) is 0 Å². The Bertz CT molecular complexity index is 1770. The summed E-state index contributed by atoms with van der Waals surface area (Å²) >= 11 is 0. The summed E-state index contributed by atoms with van der Waals surface area (Å²) < 4.78 is 0. The molecule has 2 saturated heterocycles. The second kappa shape index (κ2) is 14.5. The Balaban J connectivity index is 1.27. The van der Waals surface area contributed by atoms with Crippen LogP contribution in [0.15, 0.2) is 72.9 Å². The predicted octanol–water partition coefficient (Wildman–Crippen LogP) is 5.42. The molecule has 0 spiro atoms. The number of nitrogens with zero attached hydrogens (tertiary/aromatic N) is 4. The van der Waals surface area contributed by atoms with E-state index in [1.165, 1.54) is 11.3 Å². The van der Waals surface area contributed by atoms with Crippen molar-refractivity contribution in [2.24, 2.45) is 0 Å². The van der Waals surface area contributed by atoms with Crippen LogP contribution < -0.4 is 15.5 Å². The van der Waals surface area contributed by atoms with Gasteiger partial charge in [-0.2, -0.15) is 0 Å². The molecule has 10 heteroatoms. The Morgan fingerprint density at radius 3 is 2.31 bits per heavy atom. The molecule has 2 aliphatic rings. The monoisotopic (exact) mass is 649 g/mol. The van der Waals surface area contributed by atoms with Gasteiger partial charge in [0.25, 0.3) is 5.91 Å². The average molecular weight is 650 g/mol. The van der Waals surface area contributed by atoms with Crippen LogP contribution >= 0.6 is 0 Å². The summed E-state index contributed by atoms with van der Waals surface area (Å²) in [5.41, 5.74) is 6.19. The Morgan fingerprint density at radius 1 is 0.875 bits per heavy atom. The van der Waals surface area contributed by atoms with Gasteiger partial charge >= 0.3 is 6.03 Å². The summed E-state index contributed by atoms with van der Waals surface area (Å²) in [6, 6.07) is 20.7. The lowest BCUT2D eigenvalue weighted by atomic mass is 9.92. The van der Waals surface area contributed by atoms with Gasteiger partial charge in [0.1, 0.15) is 6.04 Å². The molecule has 3 N–H and O–H groups in total. The van der Waals surface area contributed by atoms with Crippen LogP contribution in [0.1, 0.15) is 52.7 Å². The lowest BCUT2D eigenvalue weighted by Crippen LogP contribution is -2.56. The SMILES string of the molecule is Cc1ccccc1N1CCN(C(=O)NC(C(=O)Nc2cc(CN(C)C)ccc2C(=O)N2CCCC2)C(C)c2c[nH]c3ccccc23)CC1. The highest BCUT2D eigenvalue weighted by Gasteiger charge is 2.33. The van der Waals surface area contributed by atoms with Gasteiger partial charge in [-0.3, -0.25) is 9.59 Å². The number of aromatic nitrogens is 1. The summed E-state index contributed by atoms with van der Waals surface area (Å²) in [4.78, 5) is 53.2. The quantitative estimate of drug-likeness (QED) is 0.225. The van der Waals surface area contributed by atoms with E-state index in [2.05, 4.69) is 39.6 Å². The number of hydrogen-bond acceptors (Lipinski definition) is 5. The molecule has 3 heterocycles. The second-order valence-electron chi connectivity index (χ2n) is 13.4. The number of urea groups is 1. The second-order valence-corrected chi connectivity index (χ2v) is 13.4. The average Bonchev–Trinajstić information content (AvgIpc) is 3.78. The molecule has 4 aromatic rings. The third kappa shape index (κ3) is 7.18. The summed E-state index contributed by atoms with van der Waals surface area (Å²) in [6.45, 7) is 8.62. The van der Waals surface area contributed by atoms with E-state index in [0.29, 0.717) is 57.1 Å². The summed E-state index contributed by atoms with van der Waals surface area (Å²) in [5.74, 6) is -0.825. The number of nitrogens with one attached hydrogen (secondary N) is 3. The van der Waals surface area contributed by atoms with Gasteiger partial charge in [-0.1, -0.05) is 49.4 Å². The Kier molecular flexibility index (Phi) is 10.0. The van der Waals surface area contributed by atoms with E-state index >= 15 is 0 Å².